The summed E-state index contributed by atoms with van der Waals surface area (Å²) >= 11 is 0. The number of nitrogens with zero attached hydrogens (tertiary/aromatic N) is 2. The molecule has 62 valence electrons. The first-order valence-corrected chi connectivity index (χ1v) is 3.77. The fourth-order valence-electron chi connectivity index (χ4n) is 0.824. The van der Waals surface area contributed by atoms with Crippen molar-refractivity contribution in [1.82, 2.24) is 10.2 Å². The highest BCUT2D eigenvalue weighted by atomic mass is 16.4. The first-order valence-electron chi connectivity index (χ1n) is 3.77. The minimum Gasteiger partial charge on any atom is -0.426 e. The van der Waals surface area contributed by atoms with E-state index in [0.29, 0.717) is 11.8 Å². The van der Waals surface area contributed by atoms with E-state index in [4.69, 9.17) is 10.2 Å². The third kappa shape index (κ3) is 1.77. The van der Waals surface area contributed by atoms with Crippen LogP contribution in [-0.4, -0.2) is 10.2 Å². The van der Waals surface area contributed by atoms with Gasteiger partial charge in [-0.1, -0.05) is 20.3 Å². The summed E-state index contributed by atoms with van der Waals surface area (Å²) in [6, 6.07) is -0.123. The molecule has 0 bridgehead atoms. The maximum absolute atomic E-state index is 5.80. The largest absolute Gasteiger partial charge is 0.426 e. The molecule has 11 heavy (non-hydrogen) atoms. The molecule has 2 atom stereocenters. The highest BCUT2D eigenvalue weighted by Crippen LogP contribution is 2.18. The molecular weight excluding hydrogens is 142 g/mol. The second-order valence-electron chi connectivity index (χ2n) is 2.69. The molecule has 4 nitrogen and oxygen atoms in total. The SMILES string of the molecule is CCC(C)C(N)c1nnco1. The number of hydrogen-bond donors (Lipinski definition) is 1. The zero-order valence-electron chi connectivity index (χ0n) is 6.82. The Hall–Kier alpha value is -0.900. The summed E-state index contributed by atoms with van der Waals surface area (Å²) in [5.74, 6) is 0.912. The van der Waals surface area contributed by atoms with Crippen LogP contribution in [0, 0.1) is 5.92 Å². The molecule has 1 aromatic heterocycles. The molecule has 0 saturated heterocycles. The number of nitrogens with two attached hydrogens (primary N) is 1. The van der Waals surface area contributed by atoms with E-state index in [0.717, 1.165) is 6.42 Å². The van der Waals surface area contributed by atoms with Gasteiger partial charge in [0.2, 0.25) is 12.3 Å². The first kappa shape index (κ1) is 8.20. The van der Waals surface area contributed by atoms with Crippen LogP contribution >= 0.6 is 0 Å². The third-order valence-electron chi connectivity index (χ3n) is 1.92. The molecule has 2 unspecified atom stereocenters. The third-order valence-corrected chi connectivity index (χ3v) is 1.92. The average molecular weight is 155 g/mol. The Labute approximate surface area is 65.8 Å². The highest BCUT2D eigenvalue weighted by molar-refractivity contribution is 4.86. The van der Waals surface area contributed by atoms with E-state index in [2.05, 4.69) is 24.0 Å². The molecule has 1 heterocycles. The van der Waals surface area contributed by atoms with Crippen molar-refractivity contribution in [1.29, 1.82) is 0 Å². The number of aromatic nitrogens is 2. The van der Waals surface area contributed by atoms with Gasteiger partial charge >= 0.3 is 0 Å². The lowest BCUT2D eigenvalue weighted by atomic mass is 10.0. The van der Waals surface area contributed by atoms with E-state index in [1.165, 1.54) is 6.39 Å². The normalized spacial score (nSPS) is 16.3. The van der Waals surface area contributed by atoms with Crippen molar-refractivity contribution in [3.63, 3.8) is 0 Å². The second kappa shape index (κ2) is 3.48. The molecule has 4 heteroatoms. The zero-order valence-corrected chi connectivity index (χ0v) is 6.82. The Kier molecular flexibility index (Phi) is 2.59. The summed E-state index contributed by atoms with van der Waals surface area (Å²) in [5.41, 5.74) is 5.80. The summed E-state index contributed by atoms with van der Waals surface area (Å²) in [7, 11) is 0. The van der Waals surface area contributed by atoms with Gasteiger partial charge in [0.15, 0.2) is 0 Å². The smallest absolute Gasteiger partial charge is 0.233 e. The Morgan fingerprint density at radius 3 is 2.91 bits per heavy atom. The van der Waals surface area contributed by atoms with E-state index in [-0.39, 0.29) is 6.04 Å². The molecule has 0 aliphatic carbocycles. The molecule has 0 aliphatic rings. The lowest BCUT2D eigenvalue weighted by molar-refractivity contribution is 0.364. The first-order chi connectivity index (χ1) is 5.25. The van der Waals surface area contributed by atoms with Crippen LogP contribution in [0.4, 0.5) is 0 Å². The molecule has 0 aliphatic heterocycles. The van der Waals surface area contributed by atoms with E-state index >= 15 is 0 Å². The van der Waals surface area contributed by atoms with Crippen molar-refractivity contribution in [2.45, 2.75) is 26.3 Å². The Balaban J connectivity index is 2.62. The van der Waals surface area contributed by atoms with Crippen LogP contribution in [0.2, 0.25) is 0 Å². The van der Waals surface area contributed by atoms with Crippen molar-refractivity contribution >= 4 is 0 Å². The molecule has 0 amide bonds. The number of rotatable bonds is 3. The Bertz CT molecular complexity index is 197. The lowest BCUT2D eigenvalue weighted by Crippen LogP contribution is -2.18. The summed E-state index contributed by atoms with van der Waals surface area (Å²) in [6.45, 7) is 4.15. The van der Waals surface area contributed by atoms with Crippen molar-refractivity contribution in [3.05, 3.63) is 12.3 Å². The molecule has 2 N–H and O–H groups in total. The van der Waals surface area contributed by atoms with E-state index in [1.54, 1.807) is 0 Å². The van der Waals surface area contributed by atoms with Crippen molar-refractivity contribution < 1.29 is 4.42 Å². The van der Waals surface area contributed by atoms with Crippen molar-refractivity contribution in [3.8, 4) is 0 Å². The van der Waals surface area contributed by atoms with Crippen LogP contribution in [0.15, 0.2) is 10.8 Å². The van der Waals surface area contributed by atoms with Crippen LogP contribution in [-0.2, 0) is 0 Å². The minimum absolute atomic E-state index is 0.123. The van der Waals surface area contributed by atoms with Gasteiger partial charge in [-0.05, 0) is 5.92 Å². The van der Waals surface area contributed by atoms with Gasteiger partial charge in [0.05, 0.1) is 6.04 Å². The summed E-state index contributed by atoms with van der Waals surface area (Å²) in [5, 5.41) is 7.31. The highest BCUT2D eigenvalue weighted by Gasteiger charge is 2.17. The van der Waals surface area contributed by atoms with E-state index in [9.17, 15) is 0 Å². The molecule has 0 radical (unpaired) electrons. The fourth-order valence-corrected chi connectivity index (χ4v) is 0.824. The molecule has 0 aromatic carbocycles. The topological polar surface area (TPSA) is 64.9 Å². The van der Waals surface area contributed by atoms with Gasteiger partial charge in [0.25, 0.3) is 0 Å². The van der Waals surface area contributed by atoms with Crippen molar-refractivity contribution in [2.24, 2.45) is 11.7 Å². The zero-order chi connectivity index (χ0) is 8.27. The van der Waals surface area contributed by atoms with Gasteiger partial charge in [-0.3, -0.25) is 0 Å². The maximum Gasteiger partial charge on any atom is 0.233 e. The molecule has 0 saturated carbocycles. The predicted octanol–water partition coefficient (Wildman–Crippen LogP) is 1.12. The Morgan fingerprint density at radius 1 is 1.73 bits per heavy atom. The molecule has 0 fully saturated rings. The molecule has 1 rings (SSSR count). The van der Waals surface area contributed by atoms with Gasteiger partial charge in [-0.25, -0.2) is 0 Å². The van der Waals surface area contributed by atoms with Gasteiger partial charge in [-0.2, -0.15) is 0 Å². The van der Waals surface area contributed by atoms with Crippen LogP contribution in [0.1, 0.15) is 32.2 Å². The van der Waals surface area contributed by atoms with Crippen LogP contribution in [0.25, 0.3) is 0 Å². The average Bonchev–Trinajstić information content (AvgIpc) is 2.53. The molecular formula is C7H13N3O. The molecule has 0 spiro atoms. The van der Waals surface area contributed by atoms with Gasteiger partial charge < -0.3 is 10.2 Å². The van der Waals surface area contributed by atoms with Gasteiger partial charge in [0.1, 0.15) is 0 Å². The maximum atomic E-state index is 5.80. The molecule has 1 aromatic rings. The summed E-state index contributed by atoms with van der Waals surface area (Å²) in [6.07, 6.45) is 2.32. The lowest BCUT2D eigenvalue weighted by Gasteiger charge is -2.12. The van der Waals surface area contributed by atoms with E-state index < -0.39 is 0 Å². The minimum atomic E-state index is -0.123. The van der Waals surface area contributed by atoms with Crippen LogP contribution < -0.4 is 5.73 Å². The quantitative estimate of drug-likeness (QED) is 0.710. The number of hydrogen-bond acceptors (Lipinski definition) is 4. The summed E-state index contributed by atoms with van der Waals surface area (Å²) < 4.78 is 4.97. The monoisotopic (exact) mass is 155 g/mol. The second-order valence-corrected chi connectivity index (χ2v) is 2.69. The van der Waals surface area contributed by atoms with Gasteiger partial charge in [-0.15, -0.1) is 10.2 Å². The van der Waals surface area contributed by atoms with Crippen LogP contribution in [0.5, 0.6) is 0 Å². The van der Waals surface area contributed by atoms with Crippen LogP contribution in [0.3, 0.4) is 0 Å². The summed E-state index contributed by atoms with van der Waals surface area (Å²) in [4.78, 5) is 0. The Morgan fingerprint density at radius 2 is 2.45 bits per heavy atom. The van der Waals surface area contributed by atoms with Gasteiger partial charge in [0, 0.05) is 0 Å². The fraction of sp³-hybridized carbons (Fsp3) is 0.714. The van der Waals surface area contributed by atoms with Crippen molar-refractivity contribution in [2.75, 3.05) is 0 Å². The standard InChI is InChI=1S/C7H13N3O/c1-3-5(2)6(8)7-10-9-4-11-7/h4-6H,3,8H2,1-2H3. The predicted molar refractivity (Wildman–Crippen MR) is 40.7 cm³/mol. The van der Waals surface area contributed by atoms with E-state index in [1.807, 2.05) is 0 Å².